The van der Waals surface area contributed by atoms with Crippen molar-refractivity contribution in [2.75, 3.05) is 6.54 Å². The zero-order valence-electron chi connectivity index (χ0n) is 8.16. The van der Waals surface area contributed by atoms with Gasteiger partial charge in [0.25, 0.3) is 0 Å². The van der Waals surface area contributed by atoms with Gasteiger partial charge in [0, 0.05) is 0 Å². The predicted molar refractivity (Wildman–Crippen MR) is 48.0 cm³/mol. The molecule has 0 heterocycles. The molecule has 2 saturated carbocycles. The smallest absolute Gasteiger partial charge is 0.303 e. The summed E-state index contributed by atoms with van der Waals surface area (Å²) in [6.45, 7) is 0.555. The Hall–Kier alpha value is -0.250. The molecule has 0 aromatic rings. The fourth-order valence-electron chi connectivity index (χ4n) is 2.24. The van der Waals surface area contributed by atoms with Crippen LogP contribution in [0.1, 0.15) is 38.5 Å². The minimum Gasteiger partial charge on any atom is -0.303 e. The van der Waals surface area contributed by atoms with Crippen LogP contribution in [-0.2, 0) is 0 Å². The van der Waals surface area contributed by atoms with Crippen LogP contribution in [0.3, 0.4) is 0 Å². The van der Waals surface area contributed by atoms with Gasteiger partial charge in [-0.05, 0) is 38.1 Å². The fraction of sp³-hybridized carbons (Fsp3) is 1.00. The van der Waals surface area contributed by atoms with Gasteiger partial charge in [0.2, 0.25) is 0 Å². The lowest BCUT2D eigenvalue weighted by Crippen LogP contribution is -2.46. The van der Waals surface area contributed by atoms with Crippen LogP contribution in [0.5, 0.6) is 0 Å². The lowest BCUT2D eigenvalue weighted by atomic mass is 10.1. The molecule has 0 spiro atoms. The Kier molecular flexibility index (Phi) is 2.50. The second kappa shape index (κ2) is 3.40. The third kappa shape index (κ3) is 1.90. The van der Waals surface area contributed by atoms with E-state index in [9.17, 15) is 13.2 Å². The van der Waals surface area contributed by atoms with Gasteiger partial charge in [0.05, 0.1) is 0 Å². The molecule has 2 aliphatic rings. The first-order valence-electron chi connectivity index (χ1n) is 5.35. The molecule has 2 aliphatic carbocycles. The largest absolute Gasteiger partial charge is 0.406 e. The maximum atomic E-state index is 12.5. The highest BCUT2D eigenvalue weighted by Crippen LogP contribution is 2.49. The summed E-state index contributed by atoms with van der Waals surface area (Å²) >= 11 is 0. The van der Waals surface area contributed by atoms with Crippen LogP contribution in [0, 0.1) is 5.92 Å². The zero-order valence-corrected chi connectivity index (χ0v) is 8.16. The van der Waals surface area contributed by atoms with Crippen LogP contribution in [0.15, 0.2) is 0 Å². The molecule has 0 aromatic heterocycles. The summed E-state index contributed by atoms with van der Waals surface area (Å²) in [5, 5.41) is 2.73. The molecule has 14 heavy (non-hydrogen) atoms. The van der Waals surface area contributed by atoms with Crippen molar-refractivity contribution in [3.8, 4) is 0 Å². The number of halogens is 3. The molecule has 2 fully saturated rings. The van der Waals surface area contributed by atoms with Gasteiger partial charge in [-0.25, -0.2) is 0 Å². The van der Waals surface area contributed by atoms with Crippen molar-refractivity contribution in [3.05, 3.63) is 0 Å². The van der Waals surface area contributed by atoms with E-state index < -0.39 is 11.7 Å². The van der Waals surface area contributed by atoms with Crippen LogP contribution in [-0.4, -0.2) is 18.3 Å². The summed E-state index contributed by atoms with van der Waals surface area (Å²) in [5.41, 5.74) is -1.50. The van der Waals surface area contributed by atoms with Crippen molar-refractivity contribution < 1.29 is 13.2 Å². The molecule has 0 radical (unpaired) electrons. The Morgan fingerprint density at radius 3 is 2.14 bits per heavy atom. The maximum absolute atomic E-state index is 12.5. The third-order valence-electron chi connectivity index (χ3n) is 3.50. The topological polar surface area (TPSA) is 12.0 Å². The highest BCUT2D eigenvalue weighted by Gasteiger charge is 2.63. The van der Waals surface area contributed by atoms with Gasteiger partial charge in [0.15, 0.2) is 0 Å². The Balaban J connectivity index is 1.80. The van der Waals surface area contributed by atoms with E-state index in [1.54, 1.807) is 0 Å². The summed E-state index contributed by atoms with van der Waals surface area (Å²) in [7, 11) is 0. The van der Waals surface area contributed by atoms with E-state index in [0.717, 1.165) is 12.8 Å². The maximum Gasteiger partial charge on any atom is 0.406 e. The average Bonchev–Trinajstić information content (AvgIpc) is 2.72. The number of hydrogen-bond donors (Lipinski definition) is 1. The molecule has 1 nitrogen and oxygen atoms in total. The van der Waals surface area contributed by atoms with Crippen molar-refractivity contribution >= 4 is 0 Å². The molecule has 4 heteroatoms. The summed E-state index contributed by atoms with van der Waals surface area (Å²) in [6, 6.07) is 0. The second-order valence-corrected chi connectivity index (χ2v) is 4.61. The van der Waals surface area contributed by atoms with Gasteiger partial charge in [-0.1, -0.05) is 12.8 Å². The summed E-state index contributed by atoms with van der Waals surface area (Å²) in [4.78, 5) is 0. The lowest BCUT2D eigenvalue weighted by Gasteiger charge is -2.22. The van der Waals surface area contributed by atoms with Crippen molar-refractivity contribution in [1.82, 2.24) is 5.32 Å². The van der Waals surface area contributed by atoms with E-state index in [4.69, 9.17) is 0 Å². The highest BCUT2D eigenvalue weighted by molar-refractivity contribution is 5.08. The van der Waals surface area contributed by atoms with E-state index in [-0.39, 0.29) is 12.8 Å². The van der Waals surface area contributed by atoms with E-state index in [1.807, 2.05) is 0 Å². The van der Waals surface area contributed by atoms with E-state index in [0.29, 0.717) is 12.5 Å². The SMILES string of the molecule is FC(F)(F)C1(NCC2CCCC2)CC1. The predicted octanol–water partition coefficient (Wildman–Crippen LogP) is 2.86. The van der Waals surface area contributed by atoms with Crippen LogP contribution < -0.4 is 5.32 Å². The first kappa shape index (κ1) is 10.3. The van der Waals surface area contributed by atoms with Gasteiger partial charge >= 0.3 is 6.18 Å². The Labute approximate surface area is 82.1 Å². The van der Waals surface area contributed by atoms with E-state index >= 15 is 0 Å². The lowest BCUT2D eigenvalue weighted by molar-refractivity contribution is -0.166. The fourth-order valence-corrected chi connectivity index (χ4v) is 2.24. The van der Waals surface area contributed by atoms with E-state index in [1.165, 1.54) is 12.8 Å². The Morgan fingerprint density at radius 2 is 1.71 bits per heavy atom. The standard InChI is InChI=1S/C10H16F3N/c11-10(12,13)9(5-6-9)14-7-8-3-1-2-4-8/h8,14H,1-7H2. The van der Waals surface area contributed by atoms with Crippen LogP contribution in [0.4, 0.5) is 13.2 Å². The molecule has 2 rings (SSSR count). The number of hydrogen-bond acceptors (Lipinski definition) is 1. The van der Waals surface area contributed by atoms with E-state index in [2.05, 4.69) is 5.32 Å². The number of alkyl halides is 3. The van der Waals surface area contributed by atoms with Gasteiger partial charge in [-0.3, -0.25) is 0 Å². The van der Waals surface area contributed by atoms with Crippen LogP contribution in [0.25, 0.3) is 0 Å². The quantitative estimate of drug-likeness (QED) is 0.750. The minimum absolute atomic E-state index is 0.267. The van der Waals surface area contributed by atoms with Crippen molar-refractivity contribution in [3.63, 3.8) is 0 Å². The Morgan fingerprint density at radius 1 is 1.14 bits per heavy atom. The van der Waals surface area contributed by atoms with Gasteiger partial charge in [-0.2, -0.15) is 13.2 Å². The Bertz CT molecular complexity index is 202. The van der Waals surface area contributed by atoms with Crippen molar-refractivity contribution in [2.24, 2.45) is 5.92 Å². The third-order valence-corrected chi connectivity index (χ3v) is 3.50. The average molecular weight is 207 g/mol. The molecule has 0 aliphatic heterocycles. The first-order valence-corrected chi connectivity index (χ1v) is 5.35. The van der Waals surface area contributed by atoms with Crippen molar-refractivity contribution in [2.45, 2.75) is 50.2 Å². The van der Waals surface area contributed by atoms with Crippen LogP contribution in [0.2, 0.25) is 0 Å². The van der Waals surface area contributed by atoms with Gasteiger partial charge in [0.1, 0.15) is 5.54 Å². The normalized spacial score (nSPS) is 26.8. The monoisotopic (exact) mass is 207 g/mol. The highest BCUT2D eigenvalue weighted by atomic mass is 19.4. The first-order chi connectivity index (χ1) is 6.54. The zero-order chi connectivity index (χ0) is 10.2. The summed E-state index contributed by atoms with van der Waals surface area (Å²) < 4.78 is 37.5. The molecule has 0 saturated heterocycles. The second-order valence-electron chi connectivity index (χ2n) is 4.61. The van der Waals surface area contributed by atoms with Crippen molar-refractivity contribution in [1.29, 1.82) is 0 Å². The molecule has 1 N–H and O–H groups in total. The molecule has 82 valence electrons. The minimum atomic E-state index is -4.05. The molecule has 0 unspecified atom stereocenters. The molecule has 0 atom stereocenters. The molecular formula is C10H16F3N. The number of nitrogens with one attached hydrogen (secondary N) is 1. The molecular weight excluding hydrogens is 191 g/mol. The molecule has 0 aromatic carbocycles. The van der Waals surface area contributed by atoms with Gasteiger partial charge in [-0.15, -0.1) is 0 Å². The van der Waals surface area contributed by atoms with Gasteiger partial charge < -0.3 is 5.32 Å². The molecule has 0 bridgehead atoms. The van der Waals surface area contributed by atoms with Crippen LogP contribution >= 0.6 is 0 Å². The molecule has 0 amide bonds. The number of rotatable bonds is 3. The summed E-state index contributed by atoms with van der Waals surface area (Å²) in [5.74, 6) is 0.481. The summed E-state index contributed by atoms with van der Waals surface area (Å²) in [6.07, 6.45) is 1.05.